The summed E-state index contributed by atoms with van der Waals surface area (Å²) in [5.74, 6) is 3.09. The van der Waals surface area contributed by atoms with Crippen LogP contribution in [0.5, 0.6) is 11.6 Å². The Morgan fingerprint density at radius 3 is 2.65 bits per heavy atom. The van der Waals surface area contributed by atoms with Crippen LogP contribution in [0.4, 0.5) is 0 Å². The minimum absolute atomic E-state index is 0.601. The Hall–Kier alpha value is -2.94. The van der Waals surface area contributed by atoms with Crippen molar-refractivity contribution < 1.29 is 9.30 Å². The predicted molar refractivity (Wildman–Crippen MR) is 140 cm³/mol. The SMILES string of the molecule is Cc1cc2cc(CC(C)C)cc3c2c(c1C)-c1c(nc2c(CC4CCCC4)cccc2[n+]1C)O3. The summed E-state index contributed by atoms with van der Waals surface area (Å²) in [6, 6.07) is 13.6. The highest BCUT2D eigenvalue weighted by atomic mass is 16.5. The van der Waals surface area contributed by atoms with E-state index in [1.807, 2.05) is 0 Å². The minimum Gasteiger partial charge on any atom is -0.433 e. The van der Waals surface area contributed by atoms with Crippen molar-refractivity contribution in [1.29, 1.82) is 0 Å². The first-order valence-corrected chi connectivity index (χ1v) is 13.0. The van der Waals surface area contributed by atoms with E-state index in [9.17, 15) is 0 Å². The van der Waals surface area contributed by atoms with Crippen molar-refractivity contribution in [2.24, 2.45) is 18.9 Å². The second kappa shape index (κ2) is 8.08. The second-order valence-electron chi connectivity index (χ2n) is 11.0. The van der Waals surface area contributed by atoms with Gasteiger partial charge in [0.25, 0.3) is 11.6 Å². The number of aromatic nitrogens is 2. The third-order valence-corrected chi connectivity index (χ3v) is 8.06. The van der Waals surface area contributed by atoms with Crippen LogP contribution in [0.3, 0.4) is 0 Å². The third kappa shape index (κ3) is 3.40. The molecule has 1 aliphatic carbocycles. The van der Waals surface area contributed by atoms with Gasteiger partial charge in [0.1, 0.15) is 18.3 Å². The lowest BCUT2D eigenvalue weighted by molar-refractivity contribution is -0.634. The molecule has 6 rings (SSSR count). The Morgan fingerprint density at radius 2 is 1.88 bits per heavy atom. The van der Waals surface area contributed by atoms with E-state index >= 15 is 0 Å². The third-order valence-electron chi connectivity index (χ3n) is 8.06. The predicted octanol–water partition coefficient (Wildman–Crippen LogP) is 7.53. The van der Waals surface area contributed by atoms with Crippen molar-refractivity contribution in [3.05, 3.63) is 58.7 Å². The van der Waals surface area contributed by atoms with Crippen LogP contribution < -0.4 is 9.30 Å². The largest absolute Gasteiger partial charge is 0.433 e. The van der Waals surface area contributed by atoms with Gasteiger partial charge in [-0.2, -0.15) is 4.57 Å². The van der Waals surface area contributed by atoms with Crippen molar-refractivity contribution in [3.8, 4) is 22.9 Å². The van der Waals surface area contributed by atoms with Crippen LogP contribution in [0.1, 0.15) is 61.8 Å². The first-order valence-electron chi connectivity index (χ1n) is 13.0. The summed E-state index contributed by atoms with van der Waals surface area (Å²) >= 11 is 0. The van der Waals surface area contributed by atoms with Gasteiger partial charge >= 0.3 is 0 Å². The van der Waals surface area contributed by atoms with Gasteiger partial charge in [0.15, 0.2) is 0 Å². The number of hydrogen-bond acceptors (Lipinski definition) is 2. The lowest BCUT2D eigenvalue weighted by Gasteiger charge is -2.23. The Morgan fingerprint density at radius 1 is 1.09 bits per heavy atom. The summed E-state index contributed by atoms with van der Waals surface area (Å²) in [5, 5.41) is 2.49. The van der Waals surface area contributed by atoms with Crippen LogP contribution >= 0.6 is 0 Å². The number of ether oxygens (including phenoxy) is 1. The summed E-state index contributed by atoms with van der Waals surface area (Å²) in [7, 11) is 2.18. The molecular weight excluding hydrogens is 416 g/mol. The smallest absolute Gasteiger partial charge is 0.294 e. The van der Waals surface area contributed by atoms with E-state index in [4.69, 9.17) is 9.72 Å². The zero-order valence-corrected chi connectivity index (χ0v) is 21.2. The van der Waals surface area contributed by atoms with E-state index in [-0.39, 0.29) is 0 Å². The molecule has 174 valence electrons. The van der Waals surface area contributed by atoms with Crippen LogP contribution in [0.2, 0.25) is 0 Å². The molecule has 3 nitrogen and oxygen atoms in total. The highest BCUT2D eigenvalue weighted by Crippen LogP contribution is 2.47. The van der Waals surface area contributed by atoms with Gasteiger partial charge in [0.05, 0.1) is 5.56 Å². The summed E-state index contributed by atoms with van der Waals surface area (Å²) < 4.78 is 8.97. The van der Waals surface area contributed by atoms with E-state index in [2.05, 4.69) is 75.7 Å². The molecule has 0 spiro atoms. The van der Waals surface area contributed by atoms with Crippen molar-refractivity contribution >= 4 is 21.8 Å². The molecular formula is C31H35N2O+. The zero-order chi connectivity index (χ0) is 23.6. The van der Waals surface area contributed by atoms with E-state index in [0.717, 1.165) is 41.6 Å². The van der Waals surface area contributed by atoms with E-state index in [1.165, 1.54) is 69.8 Å². The first-order chi connectivity index (χ1) is 16.4. The molecule has 0 atom stereocenters. The fourth-order valence-electron chi connectivity index (χ4n) is 6.31. The summed E-state index contributed by atoms with van der Waals surface area (Å²) in [4.78, 5) is 5.22. The first kappa shape index (κ1) is 21.6. The number of hydrogen-bond donors (Lipinski definition) is 0. The molecule has 1 aliphatic heterocycles. The summed E-state index contributed by atoms with van der Waals surface area (Å²) in [6.45, 7) is 9.02. The highest BCUT2D eigenvalue weighted by Gasteiger charge is 2.33. The molecule has 1 aromatic heterocycles. The van der Waals surface area contributed by atoms with Gasteiger partial charge in [0, 0.05) is 11.5 Å². The van der Waals surface area contributed by atoms with Crippen molar-refractivity contribution in [2.75, 3.05) is 0 Å². The number of rotatable bonds is 4. The van der Waals surface area contributed by atoms with Gasteiger partial charge in [-0.05, 0) is 72.2 Å². The molecule has 3 aromatic carbocycles. The van der Waals surface area contributed by atoms with Crippen LogP contribution in [0, 0.1) is 25.7 Å². The second-order valence-corrected chi connectivity index (χ2v) is 11.0. The number of para-hydroxylation sites is 1. The Balaban J connectivity index is 1.60. The topological polar surface area (TPSA) is 26.0 Å². The highest BCUT2D eigenvalue weighted by molar-refractivity contribution is 6.05. The normalized spacial score (nSPS) is 15.4. The maximum Gasteiger partial charge on any atom is 0.294 e. The monoisotopic (exact) mass is 451 g/mol. The average molecular weight is 452 g/mol. The minimum atomic E-state index is 0.601. The molecule has 0 saturated heterocycles. The molecule has 0 radical (unpaired) electrons. The molecule has 4 aromatic rings. The molecule has 0 amide bonds. The molecule has 0 unspecified atom stereocenters. The van der Waals surface area contributed by atoms with E-state index in [1.54, 1.807) is 0 Å². The molecule has 0 bridgehead atoms. The van der Waals surface area contributed by atoms with Gasteiger partial charge in [-0.3, -0.25) is 0 Å². The Labute approximate surface area is 202 Å². The molecule has 2 aliphatic rings. The Kier molecular flexibility index (Phi) is 5.13. The molecule has 0 N–H and O–H groups in total. The fraction of sp³-hybridized carbons (Fsp3) is 0.419. The number of aryl methyl sites for hydroxylation is 2. The van der Waals surface area contributed by atoms with Crippen LogP contribution in [0.25, 0.3) is 33.1 Å². The quantitative estimate of drug-likeness (QED) is 0.264. The number of fused-ring (bicyclic) bond motifs is 3. The van der Waals surface area contributed by atoms with Crippen LogP contribution in [0.15, 0.2) is 36.4 Å². The van der Waals surface area contributed by atoms with Crippen molar-refractivity contribution in [2.45, 2.75) is 66.2 Å². The van der Waals surface area contributed by atoms with Crippen molar-refractivity contribution in [1.82, 2.24) is 4.98 Å². The van der Waals surface area contributed by atoms with Crippen LogP contribution in [-0.4, -0.2) is 4.98 Å². The maximum atomic E-state index is 6.65. The lowest BCUT2D eigenvalue weighted by Crippen LogP contribution is -2.34. The number of nitrogens with zero attached hydrogens (tertiary/aromatic N) is 2. The molecule has 2 heterocycles. The maximum absolute atomic E-state index is 6.65. The van der Waals surface area contributed by atoms with E-state index in [0.29, 0.717) is 5.92 Å². The van der Waals surface area contributed by atoms with Crippen LogP contribution in [-0.2, 0) is 19.9 Å². The molecule has 1 fully saturated rings. The fourth-order valence-corrected chi connectivity index (χ4v) is 6.31. The summed E-state index contributed by atoms with van der Waals surface area (Å²) in [6.07, 6.45) is 7.59. The number of benzene rings is 3. The van der Waals surface area contributed by atoms with Gasteiger partial charge in [0.2, 0.25) is 5.52 Å². The Bertz CT molecular complexity index is 1440. The van der Waals surface area contributed by atoms with Crippen molar-refractivity contribution in [3.63, 3.8) is 0 Å². The lowest BCUT2D eigenvalue weighted by atomic mass is 9.89. The summed E-state index contributed by atoms with van der Waals surface area (Å²) in [5.41, 5.74) is 9.98. The average Bonchev–Trinajstić information content (AvgIpc) is 3.30. The molecule has 3 heteroatoms. The van der Waals surface area contributed by atoms with Gasteiger partial charge < -0.3 is 4.74 Å². The van der Waals surface area contributed by atoms with Gasteiger partial charge in [-0.15, -0.1) is 0 Å². The van der Waals surface area contributed by atoms with E-state index < -0.39 is 0 Å². The molecule has 34 heavy (non-hydrogen) atoms. The standard InChI is InChI=1S/C31H35N2O/c1-18(2)13-22-16-24-14-19(3)20(4)27-28(24)26(17-22)34-31-30(27)33(5)25-12-8-11-23(29(25)32-31)15-21-9-6-7-10-21/h8,11-12,14,16-18,21H,6-7,9-10,13,15H2,1-5H3/q+1. The zero-order valence-electron chi connectivity index (χ0n) is 21.2. The van der Waals surface area contributed by atoms with Gasteiger partial charge in [-0.25, -0.2) is 4.98 Å². The molecule has 1 saturated carbocycles. The van der Waals surface area contributed by atoms with Gasteiger partial charge in [-0.1, -0.05) is 63.8 Å².